The number of rotatable bonds is 6. The van der Waals surface area contributed by atoms with Crippen LogP contribution in [0, 0.1) is 29.1 Å². The van der Waals surface area contributed by atoms with Gasteiger partial charge in [0.05, 0.1) is 0 Å². The predicted octanol–water partition coefficient (Wildman–Crippen LogP) is 8.35. The molecule has 1 unspecified atom stereocenters. The number of alkyl halides is 6. The fourth-order valence-electron chi connectivity index (χ4n) is 6.75. The molecule has 0 bridgehead atoms. The molecule has 0 aliphatic heterocycles. The highest BCUT2D eigenvalue weighted by atomic mass is 19.3. The Bertz CT molecular complexity index is 842. The first-order chi connectivity index (χ1) is 15.6. The maximum absolute atomic E-state index is 14.6. The van der Waals surface area contributed by atoms with Crippen LogP contribution in [0.4, 0.5) is 26.3 Å². The van der Waals surface area contributed by atoms with Gasteiger partial charge in [0.25, 0.3) is 0 Å². The van der Waals surface area contributed by atoms with Gasteiger partial charge in [-0.05, 0) is 61.2 Å². The number of halogens is 6. The Kier molecular flexibility index (Phi) is 7.50. The Balaban J connectivity index is 1.85. The lowest BCUT2D eigenvalue weighted by molar-refractivity contribution is -0.345. The molecule has 0 amide bonds. The molecular formula is C27H38F6O. The molecule has 0 heterocycles. The zero-order valence-corrected chi connectivity index (χ0v) is 20.6. The van der Waals surface area contributed by atoms with Gasteiger partial charge in [-0.25, -0.2) is 8.78 Å². The molecule has 1 nitrogen and oxygen atoms in total. The molecule has 0 radical (unpaired) electrons. The molecule has 0 aromatic rings. The van der Waals surface area contributed by atoms with Crippen molar-refractivity contribution < 1.29 is 31.4 Å². The van der Waals surface area contributed by atoms with Crippen molar-refractivity contribution in [3.63, 3.8) is 0 Å². The highest BCUT2D eigenvalue weighted by Crippen LogP contribution is 2.60. The van der Waals surface area contributed by atoms with E-state index >= 15 is 0 Å². The van der Waals surface area contributed by atoms with E-state index in [-0.39, 0.29) is 11.3 Å². The smallest absolute Gasteiger partial charge is 0.354 e. The second-order valence-corrected chi connectivity index (χ2v) is 11.4. The largest absolute Gasteiger partial charge is 0.374 e. The number of aliphatic hydroxyl groups is 1. The maximum Gasteiger partial charge on any atom is 0.374 e. The third kappa shape index (κ3) is 4.28. The minimum Gasteiger partial charge on any atom is -0.354 e. The van der Waals surface area contributed by atoms with Crippen molar-refractivity contribution in [3.05, 3.63) is 35.5 Å². The lowest BCUT2D eigenvalue weighted by Crippen LogP contribution is -2.65. The second kappa shape index (κ2) is 9.33. The van der Waals surface area contributed by atoms with Crippen LogP contribution in [0.25, 0.3) is 0 Å². The maximum atomic E-state index is 14.6. The van der Waals surface area contributed by atoms with Crippen molar-refractivity contribution in [1.82, 2.24) is 0 Å². The molecule has 0 aromatic carbocycles. The third-order valence-corrected chi connectivity index (χ3v) is 8.81. The molecule has 0 saturated heterocycles. The van der Waals surface area contributed by atoms with Crippen LogP contribution in [0.3, 0.4) is 0 Å². The third-order valence-electron chi connectivity index (χ3n) is 8.81. The van der Waals surface area contributed by atoms with Crippen molar-refractivity contribution in [1.29, 1.82) is 0 Å². The topological polar surface area (TPSA) is 20.2 Å². The SMILES string of the molecule is C=C1/C(=C\C=C2/CCC[C@]3(C)[C@@H]([C@H](C)CCCC(C)C)CC[C@@H]23)C(F)[C@](O)(F)C(F)(F)C1(F)F. The van der Waals surface area contributed by atoms with Crippen LogP contribution >= 0.6 is 0 Å². The van der Waals surface area contributed by atoms with Gasteiger partial charge in [-0.15, -0.1) is 0 Å². The first-order valence-electron chi connectivity index (χ1n) is 12.5. The van der Waals surface area contributed by atoms with Crippen molar-refractivity contribution >= 4 is 0 Å². The molecule has 3 aliphatic carbocycles. The summed E-state index contributed by atoms with van der Waals surface area (Å²) < 4.78 is 84.6. The van der Waals surface area contributed by atoms with Gasteiger partial charge in [-0.2, -0.15) is 17.6 Å². The summed E-state index contributed by atoms with van der Waals surface area (Å²) in [5.41, 5.74) is -1.54. The first-order valence-corrected chi connectivity index (χ1v) is 12.5. The Morgan fingerprint density at radius 3 is 2.32 bits per heavy atom. The van der Waals surface area contributed by atoms with E-state index in [1.54, 1.807) is 0 Å². The zero-order valence-electron chi connectivity index (χ0n) is 20.6. The molecule has 6 atom stereocenters. The van der Waals surface area contributed by atoms with Gasteiger partial charge in [-0.1, -0.05) is 71.3 Å². The molecule has 3 fully saturated rings. The van der Waals surface area contributed by atoms with Gasteiger partial charge in [0.15, 0.2) is 6.17 Å². The monoisotopic (exact) mass is 492 g/mol. The van der Waals surface area contributed by atoms with Crippen molar-refractivity contribution in [2.75, 3.05) is 0 Å². The van der Waals surface area contributed by atoms with Gasteiger partial charge < -0.3 is 5.11 Å². The molecule has 3 aliphatic rings. The minimum absolute atomic E-state index is 0.0241. The van der Waals surface area contributed by atoms with Crippen LogP contribution in [0.2, 0.25) is 0 Å². The van der Waals surface area contributed by atoms with Gasteiger partial charge in [0.1, 0.15) is 0 Å². The molecule has 3 saturated carbocycles. The highest BCUT2D eigenvalue weighted by molar-refractivity contribution is 5.47. The summed E-state index contributed by atoms with van der Waals surface area (Å²) >= 11 is 0. The van der Waals surface area contributed by atoms with Crippen molar-refractivity contribution in [2.24, 2.45) is 29.1 Å². The number of hydrogen-bond donors (Lipinski definition) is 1. The van der Waals surface area contributed by atoms with Crippen LogP contribution in [0.5, 0.6) is 0 Å². The first kappa shape index (κ1) is 27.3. The lowest BCUT2D eigenvalue weighted by atomic mass is 9.60. The zero-order chi connectivity index (χ0) is 25.7. The van der Waals surface area contributed by atoms with E-state index in [0.29, 0.717) is 24.2 Å². The second-order valence-electron chi connectivity index (χ2n) is 11.4. The predicted molar refractivity (Wildman–Crippen MR) is 122 cm³/mol. The van der Waals surface area contributed by atoms with Crippen LogP contribution in [-0.4, -0.2) is 29.0 Å². The van der Waals surface area contributed by atoms with E-state index in [2.05, 4.69) is 34.3 Å². The quantitative estimate of drug-likeness (QED) is 0.369. The molecule has 3 rings (SSSR count). The normalized spacial score (nSPS) is 40.7. The molecule has 0 aromatic heterocycles. The van der Waals surface area contributed by atoms with Gasteiger partial charge in [0.2, 0.25) is 0 Å². The summed E-state index contributed by atoms with van der Waals surface area (Å²) in [6, 6.07) is 0. The number of fused-ring (bicyclic) bond motifs is 1. The van der Waals surface area contributed by atoms with Crippen LogP contribution in [0.1, 0.15) is 79.1 Å². The number of hydrogen-bond acceptors (Lipinski definition) is 1. The molecule has 7 heteroatoms. The van der Waals surface area contributed by atoms with E-state index in [9.17, 15) is 31.4 Å². The summed E-state index contributed by atoms with van der Waals surface area (Å²) in [7, 11) is 0. The summed E-state index contributed by atoms with van der Waals surface area (Å²) in [5, 5.41) is 9.35. The molecule has 0 spiro atoms. The molecular weight excluding hydrogens is 454 g/mol. The van der Waals surface area contributed by atoms with E-state index in [1.165, 1.54) is 18.9 Å². The average molecular weight is 493 g/mol. The van der Waals surface area contributed by atoms with Gasteiger partial charge >= 0.3 is 17.7 Å². The summed E-state index contributed by atoms with van der Waals surface area (Å²) in [5.74, 6) is -13.8. The Labute approximate surface area is 199 Å². The molecule has 1 N–H and O–H groups in total. The van der Waals surface area contributed by atoms with Crippen molar-refractivity contribution in [3.8, 4) is 0 Å². The fraction of sp³-hybridized carbons (Fsp3) is 0.778. The molecule has 34 heavy (non-hydrogen) atoms. The minimum atomic E-state index is -5.62. The van der Waals surface area contributed by atoms with Crippen LogP contribution in [0.15, 0.2) is 35.5 Å². The standard InChI is InChI=1S/C27H38F6O/c1-16(2)8-6-9-17(3)21-13-14-22-19(10-7-15-24(21,22)5)11-12-20-18(4)25(29,30)27(32,33)26(31,34)23(20)28/h11-12,16-17,21-23,34H,4,6-10,13-15H2,1-3,5H3/b19-11+,20-12+/t17-,21-,22+,23?,24-,26-/m1/s1. The Morgan fingerprint density at radius 1 is 1.06 bits per heavy atom. The van der Waals surface area contributed by atoms with E-state index in [1.807, 2.05) is 0 Å². The van der Waals surface area contributed by atoms with Crippen molar-refractivity contribution in [2.45, 2.75) is 103 Å². The van der Waals surface area contributed by atoms with E-state index in [0.717, 1.165) is 43.8 Å². The lowest BCUT2D eigenvalue weighted by Gasteiger charge is -2.44. The van der Waals surface area contributed by atoms with Crippen LogP contribution in [-0.2, 0) is 0 Å². The summed E-state index contributed by atoms with van der Waals surface area (Å²) in [6.45, 7) is 11.9. The highest BCUT2D eigenvalue weighted by Gasteiger charge is 2.78. The van der Waals surface area contributed by atoms with E-state index in [4.69, 9.17) is 0 Å². The van der Waals surface area contributed by atoms with Gasteiger partial charge in [0, 0.05) is 11.1 Å². The number of allylic oxidation sites excluding steroid dienone is 4. The fourth-order valence-corrected chi connectivity index (χ4v) is 6.75. The molecule has 194 valence electrons. The Morgan fingerprint density at radius 2 is 1.71 bits per heavy atom. The Hall–Kier alpha value is -1.24. The average Bonchev–Trinajstić information content (AvgIpc) is 3.09. The summed E-state index contributed by atoms with van der Waals surface area (Å²) in [6.07, 6.45) is 7.19. The summed E-state index contributed by atoms with van der Waals surface area (Å²) in [4.78, 5) is 0. The van der Waals surface area contributed by atoms with E-state index < -0.39 is 35.0 Å². The van der Waals surface area contributed by atoms with Gasteiger partial charge in [-0.3, -0.25) is 0 Å². The van der Waals surface area contributed by atoms with Crippen LogP contribution < -0.4 is 0 Å².